The molecule has 1 unspecified atom stereocenters. The molecule has 1 aromatic carbocycles. The molecule has 1 aliphatic rings. The number of rotatable bonds is 4. The quantitative estimate of drug-likeness (QED) is 0.730. The Balaban J connectivity index is 0.000000295. The van der Waals surface area contributed by atoms with E-state index in [2.05, 4.69) is 10.1 Å². The number of carbonyl (C=O) groups is 1. The molecule has 0 bridgehead atoms. The van der Waals surface area contributed by atoms with Crippen molar-refractivity contribution in [3.8, 4) is 0 Å². The maximum atomic E-state index is 10.3. The molecule has 124 valence electrons. The zero-order chi connectivity index (χ0) is 16.6. The zero-order valence-electron chi connectivity index (χ0n) is 13.6. The summed E-state index contributed by atoms with van der Waals surface area (Å²) in [4.78, 5) is 9.60. The predicted molar refractivity (Wildman–Crippen MR) is 85.5 cm³/mol. The van der Waals surface area contributed by atoms with E-state index in [0.717, 1.165) is 5.56 Å². The molecule has 2 rings (SSSR count). The van der Waals surface area contributed by atoms with Crippen LogP contribution in [0.1, 0.15) is 32.8 Å². The highest BCUT2D eigenvalue weighted by atomic mass is 16.5. The maximum absolute atomic E-state index is 10.3. The molecule has 1 aliphatic heterocycles. The highest BCUT2D eigenvalue weighted by Crippen LogP contribution is 2.23. The van der Waals surface area contributed by atoms with Crippen LogP contribution in [0, 0.1) is 0 Å². The van der Waals surface area contributed by atoms with Crippen LogP contribution in [0.3, 0.4) is 0 Å². The predicted octanol–water partition coefficient (Wildman–Crippen LogP) is 1.27. The number of benzene rings is 1. The molecule has 2 atom stereocenters. The lowest BCUT2D eigenvalue weighted by molar-refractivity contribution is -0.138. The molecule has 0 spiro atoms. The van der Waals surface area contributed by atoms with Crippen molar-refractivity contribution in [1.29, 1.82) is 0 Å². The van der Waals surface area contributed by atoms with Gasteiger partial charge in [0, 0.05) is 19.0 Å². The summed E-state index contributed by atoms with van der Waals surface area (Å²) in [6.07, 6.45) is 1.27. The number of hydrogen-bond donors (Lipinski definition) is 3. The molecule has 1 heterocycles. The summed E-state index contributed by atoms with van der Waals surface area (Å²) in [5.74, 6) is 0. The topological polar surface area (TPSA) is 78.8 Å². The molecule has 22 heavy (non-hydrogen) atoms. The highest BCUT2D eigenvalue weighted by molar-refractivity contribution is 5.37. The average Bonchev–Trinajstić information content (AvgIpc) is 2.81. The second-order valence-electron chi connectivity index (χ2n) is 6.68. The molecular weight excluding hydrogens is 282 g/mol. The second kappa shape index (κ2) is 8.27. The Labute approximate surface area is 132 Å². The average molecular weight is 309 g/mol. The third kappa shape index (κ3) is 7.02. The van der Waals surface area contributed by atoms with Crippen molar-refractivity contribution in [3.05, 3.63) is 35.9 Å². The molecule has 0 aliphatic carbocycles. The SMILES string of the molecule is CC(C)(C)OC=O.OC[C@@H]1CC(O)(Cc2ccccc2)CN1. The molecule has 0 amide bonds. The van der Waals surface area contributed by atoms with Gasteiger partial charge in [-0.1, -0.05) is 30.3 Å². The van der Waals surface area contributed by atoms with Gasteiger partial charge in [-0.25, -0.2) is 0 Å². The van der Waals surface area contributed by atoms with Gasteiger partial charge in [-0.15, -0.1) is 0 Å². The number of aliphatic hydroxyl groups is 2. The van der Waals surface area contributed by atoms with Crippen molar-refractivity contribution in [2.75, 3.05) is 13.2 Å². The maximum Gasteiger partial charge on any atom is 0.293 e. The van der Waals surface area contributed by atoms with E-state index in [1.165, 1.54) is 0 Å². The van der Waals surface area contributed by atoms with Crippen LogP contribution in [0.5, 0.6) is 0 Å². The third-order valence-electron chi connectivity index (χ3n) is 3.34. The van der Waals surface area contributed by atoms with Gasteiger partial charge in [0.1, 0.15) is 5.60 Å². The van der Waals surface area contributed by atoms with E-state index < -0.39 is 5.60 Å². The normalized spacial score (nSPS) is 24.3. The van der Waals surface area contributed by atoms with Crippen LogP contribution in [-0.2, 0) is 16.0 Å². The van der Waals surface area contributed by atoms with Gasteiger partial charge >= 0.3 is 0 Å². The fraction of sp³-hybridized carbons (Fsp3) is 0.588. The van der Waals surface area contributed by atoms with E-state index in [1.54, 1.807) is 0 Å². The van der Waals surface area contributed by atoms with Crippen LogP contribution in [0.4, 0.5) is 0 Å². The number of nitrogens with one attached hydrogen (secondary N) is 1. The van der Waals surface area contributed by atoms with Crippen LogP contribution in [0.15, 0.2) is 30.3 Å². The standard InChI is InChI=1S/C12H17NO2.C5H10O2/c14-8-11-7-12(15,9-13-11)6-10-4-2-1-3-5-10;1-5(2,3)7-4-6/h1-5,11,13-15H,6-9H2;4H,1-3H3/t11-,12?;/m0./s1. The Morgan fingerprint density at radius 3 is 2.41 bits per heavy atom. The first-order valence-corrected chi connectivity index (χ1v) is 7.50. The van der Waals surface area contributed by atoms with Crippen LogP contribution < -0.4 is 5.32 Å². The van der Waals surface area contributed by atoms with Crippen LogP contribution in [0.25, 0.3) is 0 Å². The molecule has 3 N–H and O–H groups in total. The van der Waals surface area contributed by atoms with E-state index >= 15 is 0 Å². The van der Waals surface area contributed by atoms with Gasteiger partial charge < -0.3 is 20.3 Å². The first-order valence-electron chi connectivity index (χ1n) is 7.50. The molecule has 1 fully saturated rings. The number of hydrogen-bond acceptors (Lipinski definition) is 5. The van der Waals surface area contributed by atoms with Crippen molar-refractivity contribution < 1.29 is 19.7 Å². The lowest BCUT2D eigenvalue weighted by Crippen LogP contribution is -2.33. The van der Waals surface area contributed by atoms with E-state index in [9.17, 15) is 9.90 Å². The molecule has 5 nitrogen and oxygen atoms in total. The Kier molecular flexibility index (Phi) is 7.00. The molecule has 1 aromatic rings. The number of ether oxygens (including phenoxy) is 1. The monoisotopic (exact) mass is 309 g/mol. The Morgan fingerprint density at radius 1 is 1.36 bits per heavy atom. The Morgan fingerprint density at radius 2 is 2.00 bits per heavy atom. The van der Waals surface area contributed by atoms with E-state index in [-0.39, 0.29) is 18.2 Å². The lowest BCUT2D eigenvalue weighted by atomic mass is 9.92. The summed E-state index contributed by atoms with van der Waals surface area (Å²) < 4.78 is 4.55. The fourth-order valence-corrected chi connectivity index (χ4v) is 2.32. The van der Waals surface area contributed by atoms with Crippen molar-refractivity contribution in [2.45, 2.75) is 50.9 Å². The number of aliphatic hydroxyl groups excluding tert-OH is 1. The fourth-order valence-electron chi connectivity index (χ4n) is 2.32. The third-order valence-corrected chi connectivity index (χ3v) is 3.34. The Hall–Kier alpha value is -1.43. The second-order valence-corrected chi connectivity index (χ2v) is 6.68. The van der Waals surface area contributed by atoms with Crippen LogP contribution in [0.2, 0.25) is 0 Å². The first-order chi connectivity index (χ1) is 10.3. The summed E-state index contributed by atoms with van der Waals surface area (Å²) in [5.41, 5.74) is 0.122. The summed E-state index contributed by atoms with van der Waals surface area (Å²) >= 11 is 0. The van der Waals surface area contributed by atoms with Crippen molar-refractivity contribution in [3.63, 3.8) is 0 Å². The smallest absolute Gasteiger partial charge is 0.293 e. The zero-order valence-corrected chi connectivity index (χ0v) is 13.6. The van der Waals surface area contributed by atoms with Gasteiger partial charge in [0.2, 0.25) is 0 Å². The van der Waals surface area contributed by atoms with Crippen LogP contribution in [-0.4, -0.2) is 47.1 Å². The summed E-state index contributed by atoms with van der Waals surface area (Å²) in [5, 5.41) is 22.4. The van der Waals surface area contributed by atoms with E-state index in [0.29, 0.717) is 25.9 Å². The summed E-state index contributed by atoms with van der Waals surface area (Å²) in [7, 11) is 0. The van der Waals surface area contributed by atoms with Gasteiger partial charge in [0.25, 0.3) is 6.47 Å². The molecule has 5 heteroatoms. The Bertz CT molecular complexity index is 444. The van der Waals surface area contributed by atoms with Gasteiger partial charge in [0.05, 0.1) is 12.2 Å². The minimum atomic E-state index is -0.700. The van der Waals surface area contributed by atoms with Crippen molar-refractivity contribution in [2.24, 2.45) is 0 Å². The molecular formula is C17H27NO4. The van der Waals surface area contributed by atoms with Gasteiger partial charge in [-0.3, -0.25) is 4.79 Å². The molecule has 0 aromatic heterocycles. The van der Waals surface area contributed by atoms with Gasteiger partial charge in [-0.2, -0.15) is 0 Å². The van der Waals surface area contributed by atoms with E-state index in [4.69, 9.17) is 5.11 Å². The number of β-amino-alcohol motifs (C(OH)–C–C–N with tert-alkyl or cyclic N) is 1. The highest BCUT2D eigenvalue weighted by Gasteiger charge is 2.36. The molecule has 1 saturated heterocycles. The molecule has 0 saturated carbocycles. The van der Waals surface area contributed by atoms with Gasteiger partial charge in [-0.05, 0) is 32.8 Å². The minimum Gasteiger partial charge on any atom is -0.462 e. The minimum absolute atomic E-state index is 0.0405. The lowest BCUT2D eigenvalue weighted by Gasteiger charge is -2.21. The largest absolute Gasteiger partial charge is 0.462 e. The number of carbonyl (C=O) groups excluding carboxylic acids is 1. The van der Waals surface area contributed by atoms with Crippen molar-refractivity contribution >= 4 is 6.47 Å². The summed E-state index contributed by atoms with van der Waals surface area (Å²) in [6, 6.07) is 10.00. The van der Waals surface area contributed by atoms with Crippen LogP contribution >= 0.6 is 0 Å². The van der Waals surface area contributed by atoms with Crippen molar-refractivity contribution in [1.82, 2.24) is 5.32 Å². The van der Waals surface area contributed by atoms with Gasteiger partial charge in [0.15, 0.2) is 0 Å². The molecule has 0 radical (unpaired) electrons. The summed E-state index contributed by atoms with van der Waals surface area (Å²) in [6.45, 7) is 6.58. The van der Waals surface area contributed by atoms with E-state index in [1.807, 2.05) is 51.1 Å². The first kappa shape index (κ1) is 18.6.